The Morgan fingerprint density at radius 3 is 2.41 bits per heavy atom. The minimum atomic E-state index is -0.537. The van der Waals surface area contributed by atoms with Crippen LogP contribution in [-0.4, -0.2) is 34.1 Å². The van der Waals surface area contributed by atoms with Crippen molar-refractivity contribution >= 4 is 12.0 Å². The van der Waals surface area contributed by atoms with Gasteiger partial charge < -0.3 is 10.5 Å². The standard InChI is InChI=1S/C12H18N2O3/c1-10(2,3)17-9(16)14-7(8(13)15)4-11-5-12(11,14)6-11/h7H,4-6H2,1-3H3,(H2,13,15)/t7-,11?,12?/m0/s1. The topological polar surface area (TPSA) is 72.6 Å². The van der Waals surface area contributed by atoms with Gasteiger partial charge in [0, 0.05) is 5.41 Å². The summed E-state index contributed by atoms with van der Waals surface area (Å²) in [6, 6.07) is -0.465. The zero-order chi connectivity index (χ0) is 12.6. The van der Waals surface area contributed by atoms with Crippen LogP contribution in [0.5, 0.6) is 0 Å². The highest BCUT2D eigenvalue weighted by molar-refractivity contribution is 5.88. The Bertz CT molecular complexity index is 418. The summed E-state index contributed by atoms with van der Waals surface area (Å²) in [4.78, 5) is 25.1. The summed E-state index contributed by atoms with van der Waals surface area (Å²) in [6.07, 6.45) is 2.37. The summed E-state index contributed by atoms with van der Waals surface area (Å²) < 4.78 is 5.37. The van der Waals surface area contributed by atoms with E-state index in [4.69, 9.17) is 10.5 Å². The fourth-order valence-corrected chi connectivity index (χ4v) is 3.34. The molecule has 1 heterocycles. The lowest BCUT2D eigenvalue weighted by molar-refractivity contribution is -0.124. The second-order valence-electron chi connectivity index (χ2n) is 6.64. The Hall–Kier alpha value is -1.26. The van der Waals surface area contributed by atoms with Crippen LogP contribution < -0.4 is 5.73 Å². The molecule has 2 saturated carbocycles. The molecule has 0 bridgehead atoms. The molecule has 94 valence electrons. The molecule has 5 nitrogen and oxygen atoms in total. The number of rotatable bonds is 1. The van der Waals surface area contributed by atoms with Crippen molar-refractivity contribution in [2.24, 2.45) is 11.1 Å². The lowest BCUT2D eigenvalue weighted by Crippen LogP contribution is -2.51. The molecule has 0 aromatic carbocycles. The van der Waals surface area contributed by atoms with Crippen molar-refractivity contribution < 1.29 is 14.3 Å². The van der Waals surface area contributed by atoms with Crippen LogP contribution in [0.1, 0.15) is 40.0 Å². The van der Waals surface area contributed by atoms with Crippen molar-refractivity contribution in [3.8, 4) is 0 Å². The summed E-state index contributed by atoms with van der Waals surface area (Å²) in [6.45, 7) is 5.47. The van der Waals surface area contributed by atoms with Crippen LogP contribution in [0, 0.1) is 5.41 Å². The Labute approximate surface area is 100 Å². The van der Waals surface area contributed by atoms with Crippen molar-refractivity contribution in [2.45, 2.75) is 57.2 Å². The van der Waals surface area contributed by atoms with E-state index in [2.05, 4.69) is 0 Å². The van der Waals surface area contributed by atoms with Crippen molar-refractivity contribution in [2.75, 3.05) is 0 Å². The highest BCUT2D eigenvalue weighted by atomic mass is 16.6. The number of hydrogen-bond acceptors (Lipinski definition) is 3. The lowest BCUT2D eigenvalue weighted by atomic mass is 10.0. The molecule has 3 rings (SSSR count). The zero-order valence-electron chi connectivity index (χ0n) is 10.4. The Morgan fingerprint density at radius 1 is 1.35 bits per heavy atom. The van der Waals surface area contributed by atoms with Gasteiger partial charge in [0.15, 0.2) is 0 Å². The third-order valence-electron chi connectivity index (χ3n) is 4.27. The molecular formula is C12H18N2O3. The number of likely N-dealkylation sites (tertiary alicyclic amines) is 1. The van der Waals surface area contributed by atoms with Gasteiger partial charge in [-0.1, -0.05) is 0 Å². The van der Waals surface area contributed by atoms with E-state index in [-0.39, 0.29) is 11.0 Å². The van der Waals surface area contributed by atoms with E-state index >= 15 is 0 Å². The molecule has 5 heteroatoms. The molecule has 2 aliphatic carbocycles. The van der Waals surface area contributed by atoms with Gasteiger partial charge in [-0.3, -0.25) is 9.69 Å². The van der Waals surface area contributed by atoms with Crippen LogP contribution in [0.2, 0.25) is 0 Å². The molecule has 1 saturated heterocycles. The maximum absolute atomic E-state index is 12.1. The van der Waals surface area contributed by atoms with E-state index in [1.54, 1.807) is 4.90 Å². The quantitative estimate of drug-likeness (QED) is 0.741. The maximum atomic E-state index is 12.1. The first-order valence-electron chi connectivity index (χ1n) is 6.03. The number of ether oxygens (including phenoxy) is 1. The molecule has 17 heavy (non-hydrogen) atoms. The third-order valence-corrected chi connectivity index (χ3v) is 4.27. The zero-order valence-corrected chi connectivity index (χ0v) is 10.4. The average Bonchev–Trinajstić information content (AvgIpc) is 2.83. The van der Waals surface area contributed by atoms with E-state index in [0.29, 0.717) is 0 Å². The van der Waals surface area contributed by atoms with Gasteiger partial charge in [-0.25, -0.2) is 4.79 Å². The van der Waals surface area contributed by atoms with Crippen LogP contribution >= 0.6 is 0 Å². The van der Waals surface area contributed by atoms with Gasteiger partial charge in [0.2, 0.25) is 5.91 Å². The number of piperidine rings is 2. The Kier molecular flexibility index (Phi) is 1.66. The van der Waals surface area contributed by atoms with E-state index in [1.165, 1.54) is 0 Å². The highest BCUT2D eigenvalue weighted by Gasteiger charge is 2.91. The highest BCUT2D eigenvalue weighted by Crippen LogP contribution is 2.87. The first-order valence-corrected chi connectivity index (χ1v) is 6.03. The fourth-order valence-electron chi connectivity index (χ4n) is 3.34. The summed E-state index contributed by atoms with van der Waals surface area (Å²) in [5, 5.41) is 0. The SMILES string of the molecule is CC(C)(C)OC(=O)N1[C@H](C(N)=O)CC23CC12C3. The molecule has 0 spiro atoms. The van der Waals surface area contributed by atoms with E-state index in [9.17, 15) is 9.59 Å². The van der Waals surface area contributed by atoms with Gasteiger partial charge in [0.1, 0.15) is 11.6 Å². The molecule has 1 aliphatic heterocycles. The normalized spacial score (nSPS) is 41.6. The van der Waals surface area contributed by atoms with E-state index in [1.807, 2.05) is 20.8 Å². The molecule has 2 amide bonds. The first-order chi connectivity index (χ1) is 7.71. The molecule has 0 unspecified atom stereocenters. The predicted molar refractivity (Wildman–Crippen MR) is 60.1 cm³/mol. The smallest absolute Gasteiger partial charge is 0.411 e. The van der Waals surface area contributed by atoms with Crippen molar-refractivity contribution in [3.05, 3.63) is 0 Å². The van der Waals surface area contributed by atoms with Crippen LogP contribution in [0.25, 0.3) is 0 Å². The van der Waals surface area contributed by atoms with Crippen molar-refractivity contribution in [3.63, 3.8) is 0 Å². The molecule has 2 N–H and O–H groups in total. The maximum Gasteiger partial charge on any atom is 0.411 e. The summed E-state index contributed by atoms with van der Waals surface area (Å²) >= 11 is 0. The number of primary amides is 1. The molecular weight excluding hydrogens is 220 g/mol. The largest absolute Gasteiger partial charge is 0.444 e. The van der Waals surface area contributed by atoms with Crippen LogP contribution in [0.15, 0.2) is 0 Å². The van der Waals surface area contributed by atoms with Crippen LogP contribution in [0.4, 0.5) is 4.79 Å². The van der Waals surface area contributed by atoms with Gasteiger partial charge in [0.25, 0.3) is 0 Å². The second-order valence-corrected chi connectivity index (χ2v) is 6.64. The van der Waals surface area contributed by atoms with Gasteiger partial charge >= 0.3 is 6.09 Å². The number of nitrogens with two attached hydrogens (primary N) is 1. The van der Waals surface area contributed by atoms with Gasteiger partial charge in [0.05, 0.1) is 5.54 Å². The predicted octanol–water partition coefficient (Wildman–Crippen LogP) is 1.01. The number of carbonyl (C=O) groups excluding carboxylic acids is 2. The Balaban J connectivity index is 1.81. The van der Waals surface area contributed by atoms with E-state index in [0.717, 1.165) is 19.3 Å². The number of carbonyl (C=O) groups is 2. The summed E-state index contributed by atoms with van der Waals surface area (Å²) in [7, 11) is 0. The first kappa shape index (κ1) is 10.9. The summed E-state index contributed by atoms with van der Waals surface area (Å²) in [5.41, 5.74) is 4.96. The molecule has 0 aromatic rings. The minimum absolute atomic E-state index is 0.0744. The molecule has 0 radical (unpaired) electrons. The lowest BCUT2D eigenvalue weighted by Gasteiger charge is -2.33. The molecule has 3 aliphatic rings. The molecule has 3 fully saturated rings. The molecule has 0 aromatic heterocycles. The van der Waals surface area contributed by atoms with Crippen molar-refractivity contribution in [1.82, 2.24) is 4.90 Å². The average molecular weight is 238 g/mol. The van der Waals surface area contributed by atoms with Crippen molar-refractivity contribution in [1.29, 1.82) is 0 Å². The number of nitrogens with zero attached hydrogens (tertiary/aromatic N) is 1. The summed E-state index contributed by atoms with van der Waals surface area (Å²) in [5.74, 6) is -0.415. The van der Waals surface area contributed by atoms with Gasteiger partial charge in [-0.2, -0.15) is 0 Å². The third kappa shape index (κ3) is 1.25. The fraction of sp³-hybridized carbons (Fsp3) is 0.833. The van der Waals surface area contributed by atoms with Gasteiger partial charge in [-0.15, -0.1) is 0 Å². The number of amides is 2. The van der Waals surface area contributed by atoms with Crippen LogP contribution in [-0.2, 0) is 9.53 Å². The van der Waals surface area contributed by atoms with Gasteiger partial charge in [-0.05, 0) is 40.0 Å². The monoisotopic (exact) mass is 238 g/mol. The van der Waals surface area contributed by atoms with Crippen LogP contribution in [0.3, 0.4) is 0 Å². The second kappa shape index (κ2) is 2.60. The Morgan fingerprint density at radius 2 is 1.94 bits per heavy atom. The van der Waals surface area contributed by atoms with E-state index < -0.39 is 23.6 Å². The minimum Gasteiger partial charge on any atom is -0.444 e. The molecule has 1 atom stereocenters. The number of hydrogen-bond donors (Lipinski definition) is 1.